The molecule has 3 amide bonds. The first-order chi connectivity index (χ1) is 17.7. The molecule has 6 nitrogen and oxygen atoms in total. The van der Waals surface area contributed by atoms with Crippen LogP contribution >= 0.6 is 11.3 Å². The maximum atomic E-state index is 13.5. The number of urea groups is 1. The lowest BCUT2D eigenvalue weighted by Gasteiger charge is -2.28. The summed E-state index contributed by atoms with van der Waals surface area (Å²) in [5, 5.41) is 4.48. The van der Waals surface area contributed by atoms with Crippen LogP contribution in [0.5, 0.6) is 0 Å². The molecule has 0 radical (unpaired) electrons. The molecule has 0 spiro atoms. The lowest BCUT2D eigenvalue weighted by molar-refractivity contribution is -0.137. The molecule has 0 aliphatic rings. The smallest absolute Gasteiger partial charge is 0.385 e. The summed E-state index contributed by atoms with van der Waals surface area (Å²) in [6.45, 7) is 3.06. The van der Waals surface area contributed by atoms with Gasteiger partial charge >= 0.3 is 12.2 Å². The van der Waals surface area contributed by atoms with Crippen LogP contribution in [0.3, 0.4) is 0 Å². The number of hydrogen-bond acceptors (Lipinski definition) is 4. The number of carbonyl (C=O) groups excluding carboxylic acids is 2. The van der Waals surface area contributed by atoms with Crippen LogP contribution in [-0.4, -0.2) is 48.5 Å². The molecule has 3 rings (SSSR count). The molecule has 1 aromatic heterocycles. The summed E-state index contributed by atoms with van der Waals surface area (Å²) in [5.74, 6) is -0.270. The van der Waals surface area contributed by atoms with Crippen molar-refractivity contribution in [2.24, 2.45) is 0 Å². The molecule has 0 atom stereocenters. The van der Waals surface area contributed by atoms with E-state index >= 15 is 0 Å². The molecule has 37 heavy (non-hydrogen) atoms. The zero-order valence-electron chi connectivity index (χ0n) is 20.8. The van der Waals surface area contributed by atoms with Gasteiger partial charge < -0.3 is 19.9 Å². The number of benzene rings is 2. The fourth-order valence-corrected chi connectivity index (χ4v) is 4.59. The Morgan fingerprint density at radius 1 is 1.00 bits per heavy atom. The van der Waals surface area contributed by atoms with Gasteiger partial charge in [-0.2, -0.15) is 13.2 Å². The Morgan fingerprint density at radius 3 is 2.41 bits per heavy atom. The van der Waals surface area contributed by atoms with E-state index in [0.717, 1.165) is 28.1 Å². The maximum Gasteiger partial charge on any atom is 0.416 e. The number of aryl methyl sites for hydroxylation is 1. The minimum atomic E-state index is -4.54. The van der Waals surface area contributed by atoms with Crippen molar-refractivity contribution in [3.8, 4) is 0 Å². The number of halogens is 3. The quantitative estimate of drug-likeness (QED) is 0.300. The van der Waals surface area contributed by atoms with Crippen molar-refractivity contribution >= 4 is 29.0 Å². The normalized spacial score (nSPS) is 11.3. The minimum Gasteiger partial charge on any atom is -0.385 e. The van der Waals surface area contributed by atoms with E-state index in [1.54, 1.807) is 16.2 Å². The molecule has 0 unspecified atom stereocenters. The first-order valence-electron chi connectivity index (χ1n) is 11.7. The third-order valence-electron chi connectivity index (χ3n) is 5.70. The van der Waals surface area contributed by atoms with Crippen molar-refractivity contribution in [3.05, 3.63) is 87.6 Å². The molecular formula is C27H30F3N3O3S. The van der Waals surface area contributed by atoms with Gasteiger partial charge in [0, 0.05) is 37.4 Å². The number of nitrogens with zero attached hydrogens (tertiary/aromatic N) is 2. The van der Waals surface area contributed by atoms with E-state index in [0.29, 0.717) is 26.1 Å². The van der Waals surface area contributed by atoms with Gasteiger partial charge in [-0.05, 0) is 54.1 Å². The number of anilines is 1. The highest BCUT2D eigenvalue weighted by molar-refractivity contribution is 7.10. The number of carbonyl (C=O) groups is 2. The highest BCUT2D eigenvalue weighted by Crippen LogP contribution is 2.30. The fourth-order valence-electron chi connectivity index (χ4n) is 3.67. The van der Waals surface area contributed by atoms with Gasteiger partial charge in [0.2, 0.25) is 5.91 Å². The third kappa shape index (κ3) is 8.61. The molecular weight excluding hydrogens is 503 g/mol. The Kier molecular flexibility index (Phi) is 10.1. The summed E-state index contributed by atoms with van der Waals surface area (Å²) in [5.41, 5.74) is 1.16. The fraction of sp³-hybridized carbons (Fsp3) is 0.333. The van der Waals surface area contributed by atoms with Gasteiger partial charge in [0.1, 0.15) is 6.54 Å². The molecule has 2 aromatic carbocycles. The molecule has 3 aromatic rings. The maximum absolute atomic E-state index is 13.5. The van der Waals surface area contributed by atoms with Crippen molar-refractivity contribution in [1.82, 2.24) is 9.80 Å². The third-order valence-corrected chi connectivity index (χ3v) is 6.71. The van der Waals surface area contributed by atoms with Crippen molar-refractivity contribution in [1.29, 1.82) is 0 Å². The van der Waals surface area contributed by atoms with Gasteiger partial charge in [0.25, 0.3) is 0 Å². The number of thiophene rings is 1. The van der Waals surface area contributed by atoms with Crippen LogP contribution in [0, 0.1) is 6.92 Å². The SMILES string of the molecule is COCCCN(CC(=O)N(Cc1ccccc1)Cc1sccc1C)C(=O)Nc1cccc(C(F)(F)F)c1. The summed E-state index contributed by atoms with van der Waals surface area (Å²) in [4.78, 5) is 30.6. The lowest BCUT2D eigenvalue weighted by Crippen LogP contribution is -2.44. The van der Waals surface area contributed by atoms with E-state index in [-0.39, 0.29) is 24.7 Å². The van der Waals surface area contributed by atoms with Crippen molar-refractivity contribution in [2.75, 3.05) is 32.1 Å². The van der Waals surface area contributed by atoms with Crippen LogP contribution < -0.4 is 5.32 Å². The van der Waals surface area contributed by atoms with Crippen molar-refractivity contribution < 1.29 is 27.5 Å². The monoisotopic (exact) mass is 533 g/mol. The standard InChI is InChI=1S/C27H30F3N3O3S/c1-20-12-15-37-24(20)18-33(17-21-8-4-3-5-9-21)25(34)19-32(13-7-14-36-2)26(35)31-23-11-6-10-22(16-23)27(28,29)30/h3-6,8-12,15-16H,7,13-14,17-19H2,1-2H3,(H,31,35). The second kappa shape index (κ2) is 13.3. The topological polar surface area (TPSA) is 61.9 Å². The van der Waals surface area contributed by atoms with Crippen LogP contribution in [0.4, 0.5) is 23.7 Å². The average molecular weight is 534 g/mol. The van der Waals surface area contributed by atoms with E-state index in [4.69, 9.17) is 4.74 Å². The molecule has 0 saturated carbocycles. The van der Waals surface area contributed by atoms with Crippen LogP contribution in [0.1, 0.15) is 28.0 Å². The largest absolute Gasteiger partial charge is 0.416 e. The van der Waals surface area contributed by atoms with E-state index in [9.17, 15) is 22.8 Å². The number of amides is 3. The van der Waals surface area contributed by atoms with Gasteiger partial charge in [0.05, 0.1) is 12.1 Å². The minimum absolute atomic E-state index is 0.000586. The van der Waals surface area contributed by atoms with E-state index in [2.05, 4.69) is 5.32 Å². The number of hydrogen-bond donors (Lipinski definition) is 1. The Labute approximate surface area is 218 Å². The van der Waals surface area contributed by atoms with E-state index in [1.165, 1.54) is 24.1 Å². The van der Waals surface area contributed by atoms with Crippen LogP contribution in [0.2, 0.25) is 0 Å². The first-order valence-corrected chi connectivity index (χ1v) is 12.6. The predicted octanol–water partition coefficient (Wildman–Crippen LogP) is 6.17. The summed E-state index contributed by atoms with van der Waals surface area (Å²) < 4.78 is 44.4. The predicted molar refractivity (Wildman–Crippen MR) is 138 cm³/mol. The van der Waals surface area contributed by atoms with Crippen LogP contribution in [0.15, 0.2) is 66.0 Å². The molecule has 1 heterocycles. The van der Waals surface area contributed by atoms with Crippen LogP contribution in [0.25, 0.3) is 0 Å². The molecule has 10 heteroatoms. The number of nitrogens with one attached hydrogen (secondary N) is 1. The van der Waals surface area contributed by atoms with Crippen molar-refractivity contribution in [3.63, 3.8) is 0 Å². The lowest BCUT2D eigenvalue weighted by atomic mass is 10.2. The zero-order chi connectivity index (χ0) is 26.8. The first kappa shape index (κ1) is 28.2. The molecule has 0 aliphatic carbocycles. The average Bonchev–Trinajstić information content (AvgIpc) is 3.27. The number of rotatable bonds is 11. The number of alkyl halides is 3. The highest BCUT2D eigenvalue weighted by atomic mass is 32.1. The van der Waals surface area contributed by atoms with Gasteiger partial charge in [-0.15, -0.1) is 11.3 Å². The Hall–Kier alpha value is -3.37. The van der Waals surface area contributed by atoms with Crippen LogP contribution in [-0.2, 0) is 28.8 Å². The molecule has 0 bridgehead atoms. The van der Waals surface area contributed by atoms with Crippen molar-refractivity contribution in [2.45, 2.75) is 32.6 Å². The Morgan fingerprint density at radius 2 is 1.76 bits per heavy atom. The second-order valence-corrected chi connectivity index (χ2v) is 9.54. The highest BCUT2D eigenvalue weighted by Gasteiger charge is 2.31. The van der Waals surface area contributed by atoms with E-state index < -0.39 is 17.8 Å². The van der Waals surface area contributed by atoms with Gasteiger partial charge in [-0.25, -0.2) is 4.79 Å². The molecule has 1 N–H and O–H groups in total. The number of methoxy groups -OCH3 is 1. The summed E-state index contributed by atoms with van der Waals surface area (Å²) >= 11 is 1.56. The molecule has 198 valence electrons. The van der Waals surface area contributed by atoms with Gasteiger partial charge in [0.15, 0.2) is 0 Å². The second-order valence-electron chi connectivity index (χ2n) is 8.54. The Balaban J connectivity index is 1.78. The molecule has 0 saturated heterocycles. The summed E-state index contributed by atoms with van der Waals surface area (Å²) in [7, 11) is 1.53. The molecule has 0 aliphatic heterocycles. The summed E-state index contributed by atoms with van der Waals surface area (Å²) in [6.07, 6.45) is -4.07. The molecule has 0 fully saturated rings. The number of ether oxygens (including phenoxy) is 1. The van der Waals surface area contributed by atoms with Gasteiger partial charge in [-0.3, -0.25) is 4.79 Å². The van der Waals surface area contributed by atoms with E-state index in [1.807, 2.05) is 48.7 Å². The summed E-state index contributed by atoms with van der Waals surface area (Å²) in [6, 6.07) is 15.3. The van der Waals surface area contributed by atoms with Gasteiger partial charge in [-0.1, -0.05) is 36.4 Å². The Bertz CT molecular complexity index is 1170. The zero-order valence-corrected chi connectivity index (χ0v) is 21.6.